The van der Waals surface area contributed by atoms with Crippen molar-refractivity contribution in [2.24, 2.45) is 5.73 Å². The summed E-state index contributed by atoms with van der Waals surface area (Å²) in [6.07, 6.45) is 3.26. The van der Waals surface area contributed by atoms with Gasteiger partial charge in [-0.15, -0.1) is 0 Å². The lowest BCUT2D eigenvalue weighted by Crippen LogP contribution is -2.44. The van der Waals surface area contributed by atoms with Crippen molar-refractivity contribution in [3.05, 3.63) is 35.9 Å². The van der Waals surface area contributed by atoms with Crippen LogP contribution in [0.15, 0.2) is 30.3 Å². The van der Waals surface area contributed by atoms with Crippen LogP contribution in [-0.2, 0) is 11.2 Å². The molecule has 0 saturated heterocycles. The van der Waals surface area contributed by atoms with Crippen LogP contribution >= 0.6 is 0 Å². The summed E-state index contributed by atoms with van der Waals surface area (Å²) in [6.45, 7) is 8.00. The first-order valence-electron chi connectivity index (χ1n) is 6.84. The molecule has 18 heavy (non-hydrogen) atoms. The molecule has 0 radical (unpaired) electrons. The summed E-state index contributed by atoms with van der Waals surface area (Å²) in [4.78, 5) is 11.7. The highest BCUT2D eigenvalue weighted by Crippen LogP contribution is 2.11. The second kappa shape index (κ2) is 8.87. The van der Waals surface area contributed by atoms with E-state index in [9.17, 15) is 4.79 Å². The molecular formula is C16H27NO. The zero-order valence-corrected chi connectivity index (χ0v) is 12.2. The second-order valence-corrected chi connectivity index (χ2v) is 4.89. The first-order chi connectivity index (χ1) is 8.47. The average Bonchev–Trinajstić information content (AvgIpc) is 2.38. The number of carbonyl (C=O) groups excluding carboxylic acids is 1. The molecule has 0 bridgehead atoms. The van der Waals surface area contributed by atoms with Crippen LogP contribution in [0.4, 0.5) is 0 Å². The predicted octanol–water partition coefficient (Wildman–Crippen LogP) is 3.73. The van der Waals surface area contributed by atoms with Gasteiger partial charge < -0.3 is 5.73 Å². The first-order valence-corrected chi connectivity index (χ1v) is 6.84. The number of aryl methyl sites for hydroxylation is 1. The molecule has 1 rings (SSSR count). The fourth-order valence-electron chi connectivity index (χ4n) is 1.39. The minimum absolute atomic E-state index is 0.147. The van der Waals surface area contributed by atoms with Gasteiger partial charge in [0.2, 0.25) is 0 Å². The summed E-state index contributed by atoms with van der Waals surface area (Å²) in [6, 6.07) is 10.0. The molecule has 102 valence electrons. The van der Waals surface area contributed by atoms with Crippen molar-refractivity contribution in [2.45, 2.75) is 58.9 Å². The van der Waals surface area contributed by atoms with Crippen molar-refractivity contribution in [3.8, 4) is 0 Å². The smallest absolute Gasteiger partial charge is 0.152 e. The maximum absolute atomic E-state index is 11.7. The lowest BCUT2D eigenvalue weighted by atomic mass is 9.91. The Kier molecular flexibility index (Phi) is 8.30. The van der Waals surface area contributed by atoms with Crippen LogP contribution in [0, 0.1) is 0 Å². The van der Waals surface area contributed by atoms with E-state index in [2.05, 4.69) is 13.8 Å². The predicted molar refractivity (Wildman–Crippen MR) is 78.6 cm³/mol. The van der Waals surface area contributed by atoms with Crippen LogP contribution in [0.3, 0.4) is 0 Å². The number of Topliss-reactive ketones (excluding diaryl/α,β-unsaturated/α-hetero) is 1. The molecule has 1 aromatic rings. The van der Waals surface area contributed by atoms with Crippen LogP contribution in [0.25, 0.3) is 0 Å². The number of hydrogen-bond donors (Lipinski definition) is 1. The quantitative estimate of drug-likeness (QED) is 0.864. The largest absolute Gasteiger partial charge is 0.319 e. The SMILES string of the molecule is CCC.CCC(C)(N)C(=O)CCc1ccccc1. The van der Waals surface area contributed by atoms with Crippen molar-refractivity contribution in [1.29, 1.82) is 0 Å². The third-order valence-corrected chi connectivity index (χ3v) is 2.86. The van der Waals surface area contributed by atoms with E-state index in [1.165, 1.54) is 12.0 Å². The molecule has 0 aliphatic carbocycles. The van der Waals surface area contributed by atoms with E-state index in [1.807, 2.05) is 37.3 Å². The zero-order chi connectivity index (χ0) is 14.0. The second-order valence-electron chi connectivity index (χ2n) is 4.89. The van der Waals surface area contributed by atoms with Gasteiger partial charge in [-0.05, 0) is 25.3 Å². The highest BCUT2D eigenvalue weighted by molar-refractivity contribution is 5.87. The van der Waals surface area contributed by atoms with Crippen molar-refractivity contribution in [1.82, 2.24) is 0 Å². The molecule has 0 aliphatic heterocycles. The maximum Gasteiger partial charge on any atom is 0.152 e. The van der Waals surface area contributed by atoms with E-state index in [1.54, 1.807) is 6.92 Å². The van der Waals surface area contributed by atoms with Gasteiger partial charge in [0.15, 0.2) is 5.78 Å². The molecule has 0 fully saturated rings. The number of nitrogens with two attached hydrogens (primary N) is 1. The molecule has 2 heteroatoms. The summed E-state index contributed by atoms with van der Waals surface area (Å²) >= 11 is 0. The van der Waals surface area contributed by atoms with E-state index < -0.39 is 5.54 Å². The van der Waals surface area contributed by atoms with Gasteiger partial charge in [0.1, 0.15) is 0 Å². The summed E-state index contributed by atoms with van der Waals surface area (Å²) in [7, 11) is 0. The molecule has 0 aromatic heterocycles. The van der Waals surface area contributed by atoms with E-state index >= 15 is 0 Å². The normalized spacial score (nSPS) is 13.2. The number of benzene rings is 1. The minimum Gasteiger partial charge on any atom is -0.319 e. The lowest BCUT2D eigenvalue weighted by molar-refractivity contribution is -0.123. The Morgan fingerprint density at radius 3 is 2.11 bits per heavy atom. The van der Waals surface area contributed by atoms with Crippen molar-refractivity contribution in [3.63, 3.8) is 0 Å². The number of hydrogen-bond acceptors (Lipinski definition) is 2. The van der Waals surface area contributed by atoms with E-state index in [4.69, 9.17) is 5.73 Å². The van der Waals surface area contributed by atoms with Gasteiger partial charge in [0.25, 0.3) is 0 Å². The van der Waals surface area contributed by atoms with Crippen LogP contribution in [0.5, 0.6) is 0 Å². The lowest BCUT2D eigenvalue weighted by Gasteiger charge is -2.20. The Balaban J connectivity index is 0.000000873. The molecule has 2 nitrogen and oxygen atoms in total. The van der Waals surface area contributed by atoms with Gasteiger partial charge in [-0.25, -0.2) is 0 Å². The molecular weight excluding hydrogens is 222 g/mol. The Morgan fingerprint density at radius 2 is 1.67 bits per heavy atom. The molecule has 0 spiro atoms. The highest BCUT2D eigenvalue weighted by Gasteiger charge is 2.24. The Bertz CT molecular complexity index is 330. The number of rotatable bonds is 5. The van der Waals surface area contributed by atoms with Gasteiger partial charge in [-0.1, -0.05) is 57.5 Å². The molecule has 0 amide bonds. The number of ketones is 1. The van der Waals surface area contributed by atoms with Crippen molar-refractivity contribution < 1.29 is 4.79 Å². The Labute approximate surface area is 112 Å². The monoisotopic (exact) mass is 249 g/mol. The first kappa shape index (κ1) is 16.9. The van der Waals surface area contributed by atoms with Crippen LogP contribution in [0.1, 0.15) is 52.5 Å². The molecule has 0 saturated carbocycles. The minimum atomic E-state index is -0.658. The third-order valence-electron chi connectivity index (χ3n) is 2.86. The summed E-state index contributed by atoms with van der Waals surface area (Å²) < 4.78 is 0. The molecule has 1 atom stereocenters. The molecule has 1 unspecified atom stereocenters. The van der Waals surface area contributed by atoms with E-state index in [0.717, 1.165) is 6.42 Å². The van der Waals surface area contributed by atoms with Crippen molar-refractivity contribution in [2.75, 3.05) is 0 Å². The topological polar surface area (TPSA) is 43.1 Å². The Morgan fingerprint density at radius 1 is 1.17 bits per heavy atom. The van der Waals surface area contributed by atoms with Crippen LogP contribution in [0.2, 0.25) is 0 Å². The highest BCUT2D eigenvalue weighted by atomic mass is 16.1. The Hall–Kier alpha value is -1.15. The summed E-state index contributed by atoms with van der Waals surface area (Å²) in [5.74, 6) is 0.147. The standard InChI is InChI=1S/C13H19NO.C3H8/c1-3-13(2,14)12(15)10-9-11-7-5-4-6-8-11;1-3-2/h4-8H,3,9-10,14H2,1-2H3;3H2,1-2H3. The fraction of sp³-hybridized carbons (Fsp3) is 0.562. The van der Waals surface area contributed by atoms with Crippen LogP contribution in [-0.4, -0.2) is 11.3 Å². The zero-order valence-electron chi connectivity index (χ0n) is 12.2. The molecule has 0 heterocycles. The van der Waals surface area contributed by atoms with E-state index in [0.29, 0.717) is 12.8 Å². The van der Waals surface area contributed by atoms with Gasteiger partial charge in [-0.2, -0.15) is 0 Å². The number of carbonyl (C=O) groups is 1. The van der Waals surface area contributed by atoms with Crippen molar-refractivity contribution >= 4 is 5.78 Å². The average molecular weight is 249 g/mol. The third kappa shape index (κ3) is 6.55. The summed E-state index contributed by atoms with van der Waals surface area (Å²) in [5, 5.41) is 0. The van der Waals surface area contributed by atoms with Gasteiger partial charge in [0.05, 0.1) is 5.54 Å². The van der Waals surface area contributed by atoms with E-state index in [-0.39, 0.29) is 5.78 Å². The molecule has 1 aromatic carbocycles. The molecule has 2 N–H and O–H groups in total. The molecule has 0 aliphatic rings. The van der Waals surface area contributed by atoms with Gasteiger partial charge in [-0.3, -0.25) is 4.79 Å². The maximum atomic E-state index is 11.7. The van der Waals surface area contributed by atoms with Crippen LogP contribution < -0.4 is 5.73 Å². The van der Waals surface area contributed by atoms with Gasteiger partial charge >= 0.3 is 0 Å². The fourth-order valence-corrected chi connectivity index (χ4v) is 1.39. The summed E-state index contributed by atoms with van der Waals surface area (Å²) in [5.41, 5.74) is 6.41. The van der Waals surface area contributed by atoms with Gasteiger partial charge in [0, 0.05) is 6.42 Å².